The number of methoxy groups -OCH3 is 1. The zero-order chi connectivity index (χ0) is 15.1. The molecular formula is C16H14O5. The van der Waals surface area contributed by atoms with Crippen LogP contribution in [0, 0.1) is 0 Å². The third-order valence-electron chi connectivity index (χ3n) is 2.67. The number of hydrogen-bond acceptors (Lipinski definition) is 5. The lowest BCUT2D eigenvalue weighted by molar-refractivity contribution is -0.140. The molecule has 0 N–H and O–H groups in total. The van der Waals surface area contributed by atoms with Gasteiger partial charge in [0.25, 0.3) is 0 Å². The highest BCUT2D eigenvalue weighted by molar-refractivity contribution is 5.88. The van der Waals surface area contributed by atoms with E-state index in [1.54, 1.807) is 36.4 Å². The van der Waals surface area contributed by atoms with Crippen molar-refractivity contribution in [3.63, 3.8) is 0 Å². The van der Waals surface area contributed by atoms with Crippen LogP contribution in [0.2, 0.25) is 0 Å². The van der Waals surface area contributed by atoms with Crippen LogP contribution in [0.25, 0.3) is 6.08 Å². The van der Waals surface area contributed by atoms with Gasteiger partial charge in [0.05, 0.1) is 19.8 Å². The first-order valence-corrected chi connectivity index (χ1v) is 6.27. The van der Waals surface area contributed by atoms with E-state index in [1.165, 1.54) is 25.5 Å². The number of benzene rings is 1. The van der Waals surface area contributed by atoms with Crippen molar-refractivity contribution in [1.29, 1.82) is 0 Å². The number of furan rings is 1. The van der Waals surface area contributed by atoms with E-state index in [0.717, 1.165) is 0 Å². The van der Waals surface area contributed by atoms with Gasteiger partial charge in [-0.05, 0) is 24.3 Å². The molecule has 0 saturated heterocycles. The summed E-state index contributed by atoms with van der Waals surface area (Å²) in [5.74, 6) is -0.0693. The summed E-state index contributed by atoms with van der Waals surface area (Å²) < 4.78 is 14.9. The molecule has 108 valence electrons. The maximum Gasteiger partial charge on any atom is 0.336 e. The van der Waals surface area contributed by atoms with Crippen LogP contribution in [0.1, 0.15) is 11.3 Å². The number of carbonyl (C=O) groups is 2. The molecule has 2 rings (SSSR count). The average molecular weight is 286 g/mol. The highest BCUT2D eigenvalue weighted by Crippen LogP contribution is 2.19. The minimum absolute atomic E-state index is 0.0435. The van der Waals surface area contributed by atoms with Crippen molar-refractivity contribution in [3.8, 4) is 5.75 Å². The van der Waals surface area contributed by atoms with Crippen LogP contribution < -0.4 is 4.74 Å². The van der Waals surface area contributed by atoms with Gasteiger partial charge >= 0.3 is 11.9 Å². The van der Waals surface area contributed by atoms with Gasteiger partial charge in [-0.25, -0.2) is 4.79 Å². The van der Waals surface area contributed by atoms with Crippen LogP contribution in [-0.4, -0.2) is 19.0 Å². The number of ether oxygens (including phenoxy) is 2. The van der Waals surface area contributed by atoms with E-state index >= 15 is 0 Å². The third kappa shape index (κ3) is 4.35. The van der Waals surface area contributed by atoms with Gasteiger partial charge < -0.3 is 13.9 Å². The molecule has 0 unspecified atom stereocenters. The fraction of sp³-hybridized carbons (Fsp3) is 0.125. The van der Waals surface area contributed by atoms with Gasteiger partial charge in [0.15, 0.2) is 0 Å². The van der Waals surface area contributed by atoms with Gasteiger partial charge in [0.1, 0.15) is 11.5 Å². The second-order valence-electron chi connectivity index (χ2n) is 4.13. The van der Waals surface area contributed by atoms with Crippen LogP contribution in [0.3, 0.4) is 0 Å². The SMILES string of the molecule is COC(=O)Cc1ccccc1OC(=O)/C=C\c1ccco1. The van der Waals surface area contributed by atoms with Gasteiger partial charge in [-0.15, -0.1) is 0 Å². The molecule has 0 radical (unpaired) electrons. The number of hydrogen-bond donors (Lipinski definition) is 0. The van der Waals surface area contributed by atoms with Crippen LogP contribution in [0.15, 0.2) is 53.2 Å². The first-order chi connectivity index (χ1) is 10.2. The molecule has 0 bridgehead atoms. The first-order valence-electron chi connectivity index (χ1n) is 6.27. The molecule has 5 heteroatoms. The monoisotopic (exact) mass is 286 g/mol. The molecule has 0 amide bonds. The summed E-state index contributed by atoms with van der Waals surface area (Å²) in [6.45, 7) is 0. The Kier molecular flexibility index (Phi) is 4.93. The van der Waals surface area contributed by atoms with E-state index in [0.29, 0.717) is 17.1 Å². The summed E-state index contributed by atoms with van der Waals surface area (Å²) in [7, 11) is 1.31. The number of rotatable bonds is 5. The Morgan fingerprint density at radius 1 is 1.19 bits per heavy atom. The Bertz CT molecular complexity index is 640. The van der Waals surface area contributed by atoms with E-state index in [9.17, 15) is 9.59 Å². The van der Waals surface area contributed by atoms with Crippen LogP contribution in [-0.2, 0) is 20.7 Å². The Labute approximate surface area is 121 Å². The van der Waals surface area contributed by atoms with E-state index in [1.807, 2.05) is 0 Å². The zero-order valence-corrected chi connectivity index (χ0v) is 11.4. The summed E-state index contributed by atoms with van der Waals surface area (Å²) in [5.41, 5.74) is 0.587. The molecule has 5 nitrogen and oxygen atoms in total. The molecule has 0 fully saturated rings. The first kappa shape index (κ1) is 14.6. The van der Waals surface area contributed by atoms with E-state index in [-0.39, 0.29) is 6.42 Å². The zero-order valence-electron chi connectivity index (χ0n) is 11.4. The second kappa shape index (κ2) is 7.09. The Morgan fingerprint density at radius 3 is 2.71 bits per heavy atom. The predicted molar refractivity (Wildman–Crippen MR) is 75.5 cm³/mol. The summed E-state index contributed by atoms with van der Waals surface area (Å²) in [5, 5.41) is 0. The molecule has 0 spiro atoms. The lowest BCUT2D eigenvalue weighted by Crippen LogP contribution is -2.09. The number of para-hydroxylation sites is 1. The smallest absolute Gasteiger partial charge is 0.336 e. The van der Waals surface area contributed by atoms with Crippen molar-refractivity contribution in [1.82, 2.24) is 0 Å². The van der Waals surface area contributed by atoms with E-state index in [4.69, 9.17) is 9.15 Å². The topological polar surface area (TPSA) is 65.7 Å². The minimum Gasteiger partial charge on any atom is -0.469 e. The number of carbonyl (C=O) groups excluding carboxylic acids is 2. The van der Waals surface area contributed by atoms with Crippen LogP contribution >= 0.6 is 0 Å². The van der Waals surface area contributed by atoms with Gasteiger partial charge in [0.2, 0.25) is 0 Å². The molecule has 0 aliphatic heterocycles. The Balaban J connectivity index is 2.05. The molecule has 0 saturated carbocycles. The summed E-state index contributed by atoms with van der Waals surface area (Å²) in [6, 6.07) is 10.2. The van der Waals surface area contributed by atoms with Crippen molar-refractivity contribution in [2.45, 2.75) is 6.42 Å². The second-order valence-corrected chi connectivity index (χ2v) is 4.13. The lowest BCUT2D eigenvalue weighted by atomic mass is 10.1. The van der Waals surface area contributed by atoms with Crippen molar-refractivity contribution in [2.24, 2.45) is 0 Å². The van der Waals surface area contributed by atoms with Gasteiger partial charge in [-0.1, -0.05) is 18.2 Å². The fourth-order valence-electron chi connectivity index (χ4n) is 1.66. The normalized spacial score (nSPS) is 10.5. The molecule has 2 aromatic rings. The van der Waals surface area contributed by atoms with Crippen molar-refractivity contribution in [3.05, 3.63) is 60.1 Å². The van der Waals surface area contributed by atoms with Crippen LogP contribution in [0.4, 0.5) is 0 Å². The minimum atomic E-state index is -0.552. The van der Waals surface area contributed by atoms with Crippen molar-refractivity contribution in [2.75, 3.05) is 7.11 Å². The predicted octanol–water partition coefficient (Wildman–Crippen LogP) is 2.61. The maximum absolute atomic E-state index is 11.7. The molecule has 0 aliphatic carbocycles. The van der Waals surface area contributed by atoms with E-state index in [2.05, 4.69) is 4.74 Å². The summed E-state index contributed by atoms with van der Waals surface area (Å²) >= 11 is 0. The highest BCUT2D eigenvalue weighted by Gasteiger charge is 2.10. The van der Waals surface area contributed by atoms with Gasteiger partial charge in [-0.3, -0.25) is 4.79 Å². The van der Waals surface area contributed by atoms with Gasteiger partial charge in [0, 0.05) is 11.6 Å². The molecule has 1 heterocycles. The average Bonchev–Trinajstić information content (AvgIpc) is 3.00. The van der Waals surface area contributed by atoms with E-state index < -0.39 is 11.9 Å². The van der Waals surface area contributed by atoms with Crippen molar-refractivity contribution < 1.29 is 23.5 Å². The highest BCUT2D eigenvalue weighted by atomic mass is 16.5. The molecule has 0 aliphatic rings. The standard InChI is InChI=1S/C16H14O5/c1-19-16(18)11-12-5-2-3-7-14(12)21-15(17)9-8-13-6-4-10-20-13/h2-10H,11H2,1H3/b9-8-. The lowest BCUT2D eigenvalue weighted by Gasteiger charge is -2.07. The summed E-state index contributed by atoms with van der Waals surface area (Å²) in [6.07, 6.45) is 4.32. The summed E-state index contributed by atoms with van der Waals surface area (Å²) in [4.78, 5) is 23.1. The largest absolute Gasteiger partial charge is 0.469 e. The fourth-order valence-corrected chi connectivity index (χ4v) is 1.66. The molecule has 1 aromatic heterocycles. The molecule has 1 aromatic carbocycles. The molecule has 21 heavy (non-hydrogen) atoms. The number of esters is 2. The quantitative estimate of drug-likeness (QED) is 0.480. The van der Waals surface area contributed by atoms with Gasteiger partial charge in [-0.2, -0.15) is 0 Å². The van der Waals surface area contributed by atoms with Crippen LogP contribution in [0.5, 0.6) is 5.75 Å². The molecular weight excluding hydrogens is 272 g/mol. The Hall–Kier alpha value is -2.82. The Morgan fingerprint density at radius 2 is 2.00 bits per heavy atom. The third-order valence-corrected chi connectivity index (χ3v) is 2.67. The molecule has 0 atom stereocenters. The maximum atomic E-state index is 11.7. The van der Waals surface area contributed by atoms with Crippen molar-refractivity contribution >= 4 is 18.0 Å².